The van der Waals surface area contributed by atoms with E-state index in [1.54, 1.807) is 24.3 Å². The van der Waals surface area contributed by atoms with Crippen molar-refractivity contribution in [3.8, 4) is 0 Å². The molecule has 1 aromatic heterocycles. The van der Waals surface area contributed by atoms with Gasteiger partial charge in [0.2, 0.25) is 0 Å². The molecular weight excluding hydrogens is 275 g/mol. The number of furan rings is 1. The Morgan fingerprint density at radius 3 is 2.50 bits per heavy atom. The van der Waals surface area contributed by atoms with Crippen LogP contribution >= 0.6 is 15.9 Å². The van der Waals surface area contributed by atoms with Crippen molar-refractivity contribution in [2.75, 3.05) is 0 Å². The smallest absolute Gasteiger partial charge is 0.367 e. The minimum absolute atomic E-state index is 0.121. The van der Waals surface area contributed by atoms with Crippen molar-refractivity contribution < 1.29 is 16.7 Å². The predicted molar refractivity (Wildman–Crippen MR) is 52.2 cm³/mol. The van der Waals surface area contributed by atoms with Crippen LogP contribution in [0.1, 0.15) is 0 Å². The average molecular weight is 279 g/mol. The Morgan fingerprint density at radius 2 is 1.93 bits per heavy atom. The summed E-state index contributed by atoms with van der Waals surface area (Å²) >= 11 is 2.97. The molecule has 6 heteroatoms. The van der Waals surface area contributed by atoms with E-state index in [4.69, 9.17) is 4.42 Å². The number of benzene rings is 1. The summed E-state index contributed by atoms with van der Waals surface area (Å²) in [5, 5.41) is -0.151. The standard InChI is InChI=1S/C8H4BrFO3S/c9-7-5-3-1-2-4-6(5)13-8(7)14(10,11)12/h1-4H. The maximum absolute atomic E-state index is 12.7. The van der Waals surface area contributed by atoms with Crippen LogP contribution in [0.2, 0.25) is 0 Å². The number of fused-ring (bicyclic) bond motifs is 1. The van der Waals surface area contributed by atoms with E-state index in [0.29, 0.717) is 11.0 Å². The summed E-state index contributed by atoms with van der Waals surface area (Å²) in [6.45, 7) is 0. The maximum atomic E-state index is 12.7. The topological polar surface area (TPSA) is 47.3 Å². The number of para-hydroxylation sites is 1. The Labute approximate surface area is 87.9 Å². The highest BCUT2D eigenvalue weighted by atomic mass is 79.9. The fraction of sp³-hybridized carbons (Fsp3) is 0. The van der Waals surface area contributed by atoms with E-state index >= 15 is 0 Å². The normalized spacial score (nSPS) is 12.1. The van der Waals surface area contributed by atoms with Gasteiger partial charge in [-0.3, -0.25) is 0 Å². The van der Waals surface area contributed by atoms with Crippen molar-refractivity contribution in [3.63, 3.8) is 0 Å². The van der Waals surface area contributed by atoms with Gasteiger partial charge in [0, 0.05) is 5.39 Å². The number of halogens is 2. The SMILES string of the molecule is O=S(=O)(F)c1oc2ccccc2c1Br. The van der Waals surface area contributed by atoms with E-state index in [1.165, 1.54) is 0 Å². The molecule has 2 rings (SSSR count). The Hall–Kier alpha value is -0.880. The Balaban J connectivity index is 2.89. The van der Waals surface area contributed by atoms with E-state index in [-0.39, 0.29) is 4.47 Å². The van der Waals surface area contributed by atoms with Gasteiger partial charge in [-0.05, 0) is 28.1 Å². The minimum Gasteiger partial charge on any atom is -0.441 e. The molecule has 0 radical (unpaired) electrons. The molecule has 14 heavy (non-hydrogen) atoms. The summed E-state index contributed by atoms with van der Waals surface area (Å²) in [5.74, 6) is 0. The van der Waals surface area contributed by atoms with Crippen molar-refractivity contribution in [2.45, 2.75) is 5.09 Å². The van der Waals surface area contributed by atoms with Crippen molar-refractivity contribution in [2.24, 2.45) is 0 Å². The summed E-state index contributed by atoms with van der Waals surface area (Å²) in [7, 11) is -4.81. The van der Waals surface area contributed by atoms with Gasteiger partial charge in [0.25, 0.3) is 5.09 Å². The zero-order valence-corrected chi connectivity index (χ0v) is 9.10. The lowest BCUT2D eigenvalue weighted by atomic mass is 10.3. The summed E-state index contributed by atoms with van der Waals surface area (Å²) in [5.41, 5.74) is 0.329. The Morgan fingerprint density at radius 1 is 1.29 bits per heavy atom. The molecule has 0 saturated heterocycles. The van der Waals surface area contributed by atoms with E-state index in [0.717, 1.165) is 0 Å². The van der Waals surface area contributed by atoms with Crippen LogP contribution in [0.25, 0.3) is 11.0 Å². The van der Waals surface area contributed by atoms with Gasteiger partial charge >= 0.3 is 10.2 Å². The summed E-state index contributed by atoms with van der Waals surface area (Å²) in [6, 6.07) is 6.58. The molecule has 0 unspecified atom stereocenters. The molecule has 0 fully saturated rings. The van der Waals surface area contributed by atoms with Crippen molar-refractivity contribution in [1.29, 1.82) is 0 Å². The number of hydrogen-bond acceptors (Lipinski definition) is 3. The lowest BCUT2D eigenvalue weighted by Gasteiger charge is -1.86. The molecule has 0 aliphatic carbocycles. The van der Waals surface area contributed by atoms with Crippen LogP contribution in [0.4, 0.5) is 3.89 Å². The second-order valence-electron chi connectivity index (χ2n) is 2.64. The molecule has 0 N–H and O–H groups in total. The summed E-state index contributed by atoms with van der Waals surface area (Å²) < 4.78 is 38.9. The van der Waals surface area contributed by atoms with E-state index < -0.39 is 15.3 Å². The molecule has 1 heterocycles. The lowest BCUT2D eigenvalue weighted by Crippen LogP contribution is -1.88. The van der Waals surface area contributed by atoms with Crippen LogP contribution < -0.4 is 0 Å². The predicted octanol–water partition coefficient (Wildman–Crippen LogP) is 2.85. The van der Waals surface area contributed by atoms with Crippen LogP contribution in [-0.2, 0) is 10.2 Å². The minimum atomic E-state index is -4.81. The largest absolute Gasteiger partial charge is 0.441 e. The molecule has 0 amide bonds. The van der Waals surface area contributed by atoms with Crippen LogP contribution in [0, 0.1) is 0 Å². The zero-order chi connectivity index (χ0) is 10.3. The first-order chi connectivity index (χ1) is 6.50. The van der Waals surface area contributed by atoms with Gasteiger partial charge in [0.1, 0.15) is 5.58 Å². The molecule has 0 aliphatic heterocycles. The van der Waals surface area contributed by atoms with Crippen molar-refractivity contribution >= 4 is 37.1 Å². The second-order valence-corrected chi connectivity index (χ2v) is 4.68. The zero-order valence-electron chi connectivity index (χ0n) is 6.70. The first-order valence-corrected chi connectivity index (χ1v) is 5.79. The molecule has 1 aromatic carbocycles. The molecule has 0 saturated carbocycles. The van der Waals surface area contributed by atoms with Crippen LogP contribution in [0.3, 0.4) is 0 Å². The monoisotopic (exact) mass is 278 g/mol. The first kappa shape index (κ1) is 9.67. The van der Waals surface area contributed by atoms with Crippen LogP contribution in [-0.4, -0.2) is 8.42 Å². The average Bonchev–Trinajstić information content (AvgIpc) is 2.44. The Kier molecular flexibility index (Phi) is 2.11. The van der Waals surface area contributed by atoms with E-state index in [1.807, 2.05) is 0 Å². The second kappa shape index (κ2) is 3.06. The van der Waals surface area contributed by atoms with E-state index in [2.05, 4.69) is 15.9 Å². The molecular formula is C8H4BrFO3S. The quantitative estimate of drug-likeness (QED) is 0.754. The van der Waals surface area contributed by atoms with Gasteiger partial charge < -0.3 is 4.42 Å². The van der Waals surface area contributed by atoms with Gasteiger partial charge in [-0.1, -0.05) is 16.0 Å². The number of hydrogen-bond donors (Lipinski definition) is 0. The van der Waals surface area contributed by atoms with E-state index in [9.17, 15) is 12.3 Å². The van der Waals surface area contributed by atoms with Gasteiger partial charge in [-0.15, -0.1) is 0 Å². The molecule has 0 atom stereocenters. The third kappa shape index (κ3) is 1.44. The van der Waals surface area contributed by atoms with Gasteiger partial charge in [0.15, 0.2) is 0 Å². The Bertz CT molecular complexity index is 588. The molecule has 2 aromatic rings. The lowest BCUT2D eigenvalue weighted by molar-refractivity contribution is 0.457. The highest BCUT2D eigenvalue weighted by Gasteiger charge is 2.23. The van der Waals surface area contributed by atoms with Gasteiger partial charge in [-0.25, -0.2) is 0 Å². The van der Waals surface area contributed by atoms with Crippen molar-refractivity contribution in [3.05, 3.63) is 28.7 Å². The molecule has 0 bridgehead atoms. The van der Waals surface area contributed by atoms with Crippen LogP contribution in [0.5, 0.6) is 0 Å². The van der Waals surface area contributed by atoms with Crippen LogP contribution in [0.15, 0.2) is 38.2 Å². The maximum Gasteiger partial charge on any atom is 0.367 e. The van der Waals surface area contributed by atoms with Crippen molar-refractivity contribution in [1.82, 2.24) is 0 Å². The highest BCUT2D eigenvalue weighted by Crippen LogP contribution is 2.34. The fourth-order valence-electron chi connectivity index (χ4n) is 1.15. The molecule has 3 nitrogen and oxygen atoms in total. The summed E-state index contributed by atoms with van der Waals surface area (Å²) in [4.78, 5) is 0. The number of rotatable bonds is 1. The first-order valence-electron chi connectivity index (χ1n) is 3.62. The summed E-state index contributed by atoms with van der Waals surface area (Å²) in [6.07, 6.45) is 0. The van der Waals surface area contributed by atoms with Gasteiger partial charge in [0.05, 0.1) is 4.47 Å². The molecule has 0 spiro atoms. The van der Waals surface area contributed by atoms with Gasteiger partial charge in [-0.2, -0.15) is 8.42 Å². The third-order valence-corrected chi connectivity index (χ3v) is 3.51. The molecule has 0 aliphatic rings. The fourth-order valence-corrected chi connectivity index (χ4v) is 2.65. The molecule has 74 valence electrons. The third-order valence-electron chi connectivity index (χ3n) is 1.73. The highest BCUT2D eigenvalue weighted by molar-refractivity contribution is 9.10.